The Morgan fingerprint density at radius 3 is 2.95 bits per heavy atom. The third kappa shape index (κ3) is 3.36. The molecular weight excluding hydrogens is 300 g/mol. The third-order valence-electron chi connectivity index (χ3n) is 3.84. The summed E-state index contributed by atoms with van der Waals surface area (Å²) in [6.45, 7) is 0.783. The Morgan fingerprint density at radius 2 is 2.27 bits per heavy atom. The number of anilines is 1. The van der Waals surface area contributed by atoms with Crippen LogP contribution in [0.4, 0.5) is 9.93 Å². The lowest BCUT2D eigenvalue weighted by Crippen LogP contribution is -2.39. The zero-order valence-corrected chi connectivity index (χ0v) is 13.2. The van der Waals surface area contributed by atoms with Crippen molar-refractivity contribution in [2.75, 3.05) is 19.0 Å². The van der Waals surface area contributed by atoms with E-state index < -0.39 is 0 Å². The highest BCUT2D eigenvalue weighted by atomic mass is 32.1. The lowest BCUT2D eigenvalue weighted by Gasteiger charge is -2.24. The average molecular weight is 318 g/mol. The number of carbonyl (C=O) groups excluding carboxylic acids is 1. The van der Waals surface area contributed by atoms with E-state index in [1.807, 2.05) is 17.0 Å². The smallest absolute Gasteiger partial charge is 0.323 e. The molecule has 0 saturated carbocycles. The fraction of sp³-hybridized carbons (Fsp3) is 0.400. The molecule has 1 aliphatic rings. The van der Waals surface area contributed by atoms with Crippen LogP contribution in [0.2, 0.25) is 0 Å². The number of benzene rings is 1. The number of carbonyl (C=O) groups is 1. The van der Waals surface area contributed by atoms with E-state index in [0.717, 1.165) is 31.6 Å². The second-order valence-electron chi connectivity index (χ2n) is 5.22. The second kappa shape index (κ2) is 6.74. The summed E-state index contributed by atoms with van der Waals surface area (Å²) in [6.07, 6.45) is 2.91. The highest BCUT2D eigenvalue weighted by Gasteiger charge is 2.29. The predicted octanol–water partition coefficient (Wildman–Crippen LogP) is 2.79. The molecule has 1 atom stereocenters. The first-order valence-corrected chi connectivity index (χ1v) is 8.11. The van der Waals surface area contributed by atoms with E-state index in [1.54, 1.807) is 12.6 Å². The van der Waals surface area contributed by atoms with Gasteiger partial charge in [-0.3, -0.25) is 5.32 Å². The Kier molecular flexibility index (Phi) is 4.53. The molecule has 1 saturated heterocycles. The number of likely N-dealkylation sites (tertiary alicyclic amines) is 1. The first-order valence-electron chi connectivity index (χ1n) is 7.23. The van der Waals surface area contributed by atoms with Crippen molar-refractivity contribution >= 4 is 22.5 Å². The summed E-state index contributed by atoms with van der Waals surface area (Å²) in [6, 6.07) is 8.15. The molecule has 0 bridgehead atoms. The monoisotopic (exact) mass is 318 g/mol. The molecule has 2 amide bonds. The highest BCUT2D eigenvalue weighted by molar-refractivity contribution is 7.13. The topological polar surface area (TPSA) is 67.3 Å². The quantitative estimate of drug-likeness (QED) is 0.941. The molecule has 1 N–H and O–H groups in total. The summed E-state index contributed by atoms with van der Waals surface area (Å²) in [4.78, 5) is 14.2. The van der Waals surface area contributed by atoms with Gasteiger partial charge in [-0.25, -0.2) is 4.79 Å². The van der Waals surface area contributed by atoms with Gasteiger partial charge in [0.1, 0.15) is 11.3 Å². The second-order valence-corrected chi connectivity index (χ2v) is 6.05. The van der Waals surface area contributed by atoms with Crippen molar-refractivity contribution < 1.29 is 9.53 Å². The van der Waals surface area contributed by atoms with Crippen LogP contribution < -0.4 is 10.1 Å². The Labute approximate surface area is 133 Å². The van der Waals surface area contributed by atoms with E-state index in [9.17, 15) is 4.79 Å². The lowest BCUT2D eigenvalue weighted by molar-refractivity contribution is 0.206. The van der Waals surface area contributed by atoms with Crippen LogP contribution in [-0.4, -0.2) is 40.8 Å². The van der Waals surface area contributed by atoms with Crippen LogP contribution in [0.25, 0.3) is 0 Å². The van der Waals surface area contributed by atoms with E-state index in [1.165, 1.54) is 16.9 Å². The van der Waals surface area contributed by atoms with Crippen molar-refractivity contribution in [3.63, 3.8) is 0 Å². The van der Waals surface area contributed by atoms with Crippen LogP contribution in [0.15, 0.2) is 29.8 Å². The Bertz CT molecular complexity index is 615. The molecule has 1 aromatic heterocycles. The molecule has 3 rings (SSSR count). The molecule has 7 heteroatoms. The minimum atomic E-state index is -0.0900. The van der Waals surface area contributed by atoms with Crippen molar-refractivity contribution in [3.05, 3.63) is 35.3 Å². The standard InChI is InChI=1S/C15H18N4O2S/c1-21-13-6-4-11(5-7-13)9-12-3-2-8-19(12)15(20)17-14-18-16-10-22-14/h4-7,10,12H,2-3,8-9H2,1H3,(H,17,18,20)/t12-/m0/s1. The van der Waals surface area contributed by atoms with Gasteiger partial charge < -0.3 is 9.64 Å². The number of ether oxygens (including phenoxy) is 1. The number of amides is 2. The van der Waals surface area contributed by atoms with Crippen molar-refractivity contribution in [2.24, 2.45) is 0 Å². The summed E-state index contributed by atoms with van der Waals surface area (Å²) in [7, 11) is 1.66. The van der Waals surface area contributed by atoms with E-state index in [4.69, 9.17) is 4.74 Å². The fourth-order valence-electron chi connectivity index (χ4n) is 2.74. The zero-order chi connectivity index (χ0) is 15.4. The molecule has 1 aromatic carbocycles. The maximum atomic E-state index is 12.3. The number of hydrogen-bond acceptors (Lipinski definition) is 5. The summed E-state index contributed by atoms with van der Waals surface area (Å²) < 4.78 is 5.17. The molecule has 0 aliphatic carbocycles. The zero-order valence-electron chi connectivity index (χ0n) is 12.4. The summed E-state index contributed by atoms with van der Waals surface area (Å²) in [5.74, 6) is 0.848. The first kappa shape index (κ1) is 14.8. The molecule has 1 fully saturated rings. The van der Waals surface area contributed by atoms with Crippen molar-refractivity contribution in [1.82, 2.24) is 15.1 Å². The minimum absolute atomic E-state index is 0.0900. The van der Waals surface area contributed by atoms with Gasteiger partial charge in [0.05, 0.1) is 7.11 Å². The maximum Gasteiger partial charge on any atom is 0.323 e. The number of methoxy groups -OCH3 is 1. The molecule has 116 valence electrons. The van der Waals surface area contributed by atoms with Gasteiger partial charge in [0, 0.05) is 12.6 Å². The van der Waals surface area contributed by atoms with Crippen LogP contribution in [0.5, 0.6) is 5.75 Å². The van der Waals surface area contributed by atoms with Crippen molar-refractivity contribution in [3.8, 4) is 5.75 Å². The van der Waals surface area contributed by atoms with Gasteiger partial charge in [-0.15, -0.1) is 10.2 Å². The number of hydrogen-bond donors (Lipinski definition) is 1. The molecule has 2 aromatic rings. The van der Waals surface area contributed by atoms with Gasteiger partial charge in [0.25, 0.3) is 0 Å². The van der Waals surface area contributed by atoms with E-state index >= 15 is 0 Å². The van der Waals surface area contributed by atoms with Crippen LogP contribution in [0.3, 0.4) is 0 Å². The maximum absolute atomic E-state index is 12.3. The Balaban J connectivity index is 1.63. The number of nitrogens with one attached hydrogen (secondary N) is 1. The number of rotatable bonds is 4. The van der Waals surface area contributed by atoms with Gasteiger partial charge in [0.2, 0.25) is 5.13 Å². The van der Waals surface area contributed by atoms with Gasteiger partial charge >= 0.3 is 6.03 Å². The summed E-state index contributed by atoms with van der Waals surface area (Å²) in [5, 5.41) is 10.9. The largest absolute Gasteiger partial charge is 0.497 e. The molecule has 22 heavy (non-hydrogen) atoms. The van der Waals surface area contributed by atoms with Gasteiger partial charge in [-0.2, -0.15) is 0 Å². The van der Waals surface area contributed by atoms with Crippen LogP contribution in [0, 0.1) is 0 Å². The molecule has 0 spiro atoms. The number of urea groups is 1. The van der Waals surface area contributed by atoms with E-state index in [-0.39, 0.29) is 12.1 Å². The first-order chi connectivity index (χ1) is 10.8. The fourth-order valence-corrected chi connectivity index (χ4v) is 3.17. The molecule has 6 nitrogen and oxygen atoms in total. The molecule has 0 radical (unpaired) electrons. The lowest BCUT2D eigenvalue weighted by atomic mass is 10.0. The minimum Gasteiger partial charge on any atom is -0.497 e. The molecule has 2 heterocycles. The SMILES string of the molecule is COc1ccc(C[C@@H]2CCCN2C(=O)Nc2nncs2)cc1. The van der Waals surface area contributed by atoms with Crippen LogP contribution >= 0.6 is 11.3 Å². The van der Waals surface area contributed by atoms with E-state index in [0.29, 0.717) is 5.13 Å². The van der Waals surface area contributed by atoms with Crippen LogP contribution in [0.1, 0.15) is 18.4 Å². The average Bonchev–Trinajstić information content (AvgIpc) is 3.19. The predicted molar refractivity (Wildman–Crippen MR) is 85.4 cm³/mol. The van der Waals surface area contributed by atoms with Crippen molar-refractivity contribution in [2.45, 2.75) is 25.3 Å². The normalized spacial score (nSPS) is 17.5. The highest BCUT2D eigenvalue weighted by Crippen LogP contribution is 2.23. The molecule has 1 aliphatic heterocycles. The van der Waals surface area contributed by atoms with E-state index in [2.05, 4.69) is 27.6 Å². The number of nitrogens with zero attached hydrogens (tertiary/aromatic N) is 3. The van der Waals surface area contributed by atoms with Gasteiger partial charge in [0.15, 0.2) is 0 Å². The van der Waals surface area contributed by atoms with Gasteiger partial charge in [-0.05, 0) is 37.0 Å². The van der Waals surface area contributed by atoms with Crippen molar-refractivity contribution in [1.29, 1.82) is 0 Å². The van der Waals surface area contributed by atoms with Gasteiger partial charge in [-0.1, -0.05) is 23.5 Å². The summed E-state index contributed by atoms with van der Waals surface area (Å²) >= 11 is 1.32. The van der Waals surface area contributed by atoms with Crippen LogP contribution in [-0.2, 0) is 6.42 Å². The number of aromatic nitrogens is 2. The Morgan fingerprint density at radius 1 is 1.45 bits per heavy atom. The Hall–Kier alpha value is -2.15. The molecule has 0 unspecified atom stereocenters. The summed E-state index contributed by atoms with van der Waals surface area (Å²) in [5.41, 5.74) is 2.82. The third-order valence-corrected chi connectivity index (χ3v) is 4.45. The molecular formula is C15H18N4O2S.